The van der Waals surface area contributed by atoms with Crippen molar-refractivity contribution in [2.24, 2.45) is 0 Å². The van der Waals surface area contributed by atoms with Crippen LogP contribution in [0.5, 0.6) is 5.75 Å². The largest absolute Gasteiger partial charge is 0.486 e. The third-order valence-electron chi connectivity index (χ3n) is 4.61. The number of hydrogen-bond acceptors (Lipinski definition) is 6. The summed E-state index contributed by atoms with van der Waals surface area (Å²) >= 11 is 0. The van der Waals surface area contributed by atoms with E-state index in [1.807, 2.05) is 36.4 Å². The van der Waals surface area contributed by atoms with Crippen molar-refractivity contribution in [3.05, 3.63) is 53.9 Å². The summed E-state index contributed by atoms with van der Waals surface area (Å²) in [6.45, 7) is 2.09. The van der Waals surface area contributed by atoms with Gasteiger partial charge < -0.3 is 18.5 Å². The minimum Gasteiger partial charge on any atom is -0.486 e. The Hall–Kier alpha value is -3.20. The molecule has 1 fully saturated rings. The molecular formula is C21H21N3O3. The molecule has 0 amide bonds. The zero-order valence-corrected chi connectivity index (χ0v) is 15.1. The molecule has 1 aliphatic rings. The van der Waals surface area contributed by atoms with Gasteiger partial charge >= 0.3 is 0 Å². The Kier molecular flexibility index (Phi) is 5.10. The number of nitriles is 1. The third-order valence-corrected chi connectivity index (χ3v) is 4.61. The normalized spacial score (nSPS) is 14.6. The molecular weight excluding hydrogens is 342 g/mol. The van der Waals surface area contributed by atoms with Crippen LogP contribution < -0.4 is 9.64 Å². The molecule has 0 atom stereocenters. The summed E-state index contributed by atoms with van der Waals surface area (Å²) in [5.74, 6) is 2.83. The summed E-state index contributed by atoms with van der Waals surface area (Å²) in [5.41, 5.74) is 0.311. The summed E-state index contributed by atoms with van der Waals surface area (Å²) in [5, 5.41) is 9.45. The molecule has 1 aromatic carbocycles. The van der Waals surface area contributed by atoms with E-state index < -0.39 is 0 Å². The summed E-state index contributed by atoms with van der Waals surface area (Å²) in [6.07, 6.45) is 4.62. The van der Waals surface area contributed by atoms with Gasteiger partial charge in [-0.2, -0.15) is 10.2 Å². The van der Waals surface area contributed by atoms with Crippen LogP contribution in [0.15, 0.2) is 51.3 Å². The van der Waals surface area contributed by atoms with Gasteiger partial charge in [0, 0.05) is 13.1 Å². The number of oxazole rings is 1. The Labute approximate surface area is 158 Å². The number of furan rings is 1. The highest BCUT2D eigenvalue weighted by Crippen LogP contribution is 2.30. The molecule has 6 heteroatoms. The van der Waals surface area contributed by atoms with Gasteiger partial charge in [0.25, 0.3) is 5.89 Å². The number of anilines is 1. The summed E-state index contributed by atoms with van der Waals surface area (Å²) in [7, 11) is 0. The van der Waals surface area contributed by atoms with Crippen LogP contribution in [0, 0.1) is 11.3 Å². The van der Waals surface area contributed by atoms with E-state index in [0.29, 0.717) is 35.6 Å². The van der Waals surface area contributed by atoms with Crippen molar-refractivity contribution < 1.29 is 13.6 Å². The van der Waals surface area contributed by atoms with E-state index >= 15 is 0 Å². The molecule has 0 bridgehead atoms. The Balaban J connectivity index is 1.50. The van der Waals surface area contributed by atoms with Crippen LogP contribution in [0.4, 0.5) is 5.88 Å². The number of benzene rings is 1. The maximum atomic E-state index is 9.45. The lowest BCUT2D eigenvalue weighted by Crippen LogP contribution is -2.24. The van der Waals surface area contributed by atoms with Crippen LogP contribution in [0.25, 0.3) is 11.7 Å². The molecule has 0 aliphatic carbocycles. The highest BCUT2D eigenvalue weighted by molar-refractivity contribution is 5.56. The van der Waals surface area contributed by atoms with Gasteiger partial charge in [0.2, 0.25) is 11.6 Å². The van der Waals surface area contributed by atoms with Crippen LogP contribution in [0.2, 0.25) is 0 Å². The highest BCUT2D eigenvalue weighted by Gasteiger charge is 2.22. The van der Waals surface area contributed by atoms with E-state index in [4.69, 9.17) is 13.6 Å². The van der Waals surface area contributed by atoms with Gasteiger partial charge in [-0.15, -0.1) is 0 Å². The van der Waals surface area contributed by atoms with Crippen molar-refractivity contribution in [2.45, 2.75) is 32.3 Å². The smallest absolute Gasteiger partial charge is 0.266 e. The molecule has 27 heavy (non-hydrogen) atoms. The lowest BCUT2D eigenvalue weighted by Gasteiger charge is -2.18. The zero-order chi connectivity index (χ0) is 18.5. The number of hydrogen-bond donors (Lipinski definition) is 0. The van der Waals surface area contributed by atoms with Crippen molar-refractivity contribution in [3.8, 4) is 23.5 Å². The van der Waals surface area contributed by atoms with Gasteiger partial charge in [-0.1, -0.05) is 31.0 Å². The number of ether oxygens (including phenoxy) is 1. The first-order valence-electron chi connectivity index (χ1n) is 9.26. The molecule has 1 aliphatic heterocycles. The molecule has 3 heterocycles. The van der Waals surface area contributed by atoms with Gasteiger partial charge in [0.05, 0.1) is 0 Å². The Morgan fingerprint density at radius 3 is 2.52 bits per heavy atom. The summed E-state index contributed by atoms with van der Waals surface area (Å²) in [6, 6.07) is 15.3. The van der Waals surface area contributed by atoms with E-state index in [0.717, 1.165) is 31.7 Å². The van der Waals surface area contributed by atoms with Gasteiger partial charge in [0.1, 0.15) is 24.2 Å². The second kappa shape index (κ2) is 8.00. The Bertz CT molecular complexity index is 916. The predicted molar refractivity (Wildman–Crippen MR) is 100 cm³/mol. The van der Waals surface area contributed by atoms with Crippen molar-refractivity contribution >= 4 is 5.88 Å². The average Bonchev–Trinajstić information content (AvgIpc) is 3.27. The lowest BCUT2D eigenvalue weighted by molar-refractivity contribution is 0.271. The quantitative estimate of drug-likeness (QED) is 0.650. The van der Waals surface area contributed by atoms with E-state index in [9.17, 15) is 5.26 Å². The molecule has 6 nitrogen and oxygen atoms in total. The molecule has 0 spiro atoms. The second-order valence-electron chi connectivity index (χ2n) is 6.55. The molecule has 2 aromatic heterocycles. The standard InChI is InChI=1S/C21H21N3O3/c22-14-18-21(24-12-6-1-2-7-13-24)27-20(23-18)19-11-10-17(26-19)15-25-16-8-4-3-5-9-16/h3-5,8-11H,1-2,6-7,12-13,15H2. The molecule has 4 rings (SSSR count). The van der Waals surface area contributed by atoms with E-state index in [-0.39, 0.29) is 0 Å². The first-order valence-corrected chi connectivity index (χ1v) is 9.26. The van der Waals surface area contributed by atoms with Crippen LogP contribution >= 0.6 is 0 Å². The van der Waals surface area contributed by atoms with Gasteiger partial charge in [-0.05, 0) is 37.1 Å². The van der Waals surface area contributed by atoms with Gasteiger partial charge in [0.15, 0.2) is 5.76 Å². The highest BCUT2D eigenvalue weighted by atomic mass is 16.5. The van der Waals surface area contributed by atoms with Crippen molar-refractivity contribution in [2.75, 3.05) is 18.0 Å². The minimum absolute atomic E-state index is 0.311. The third kappa shape index (κ3) is 3.98. The van der Waals surface area contributed by atoms with E-state index in [1.54, 1.807) is 6.07 Å². The predicted octanol–water partition coefficient (Wildman–Crippen LogP) is 4.77. The van der Waals surface area contributed by atoms with Gasteiger partial charge in [-0.25, -0.2) is 0 Å². The molecule has 0 unspecified atom stereocenters. The van der Waals surface area contributed by atoms with Crippen molar-refractivity contribution in [3.63, 3.8) is 0 Å². The van der Waals surface area contributed by atoms with Crippen LogP contribution in [-0.2, 0) is 6.61 Å². The topological polar surface area (TPSA) is 75.4 Å². The fourth-order valence-electron chi connectivity index (χ4n) is 3.22. The molecule has 1 saturated heterocycles. The minimum atomic E-state index is 0.311. The Morgan fingerprint density at radius 2 is 1.78 bits per heavy atom. The first-order chi connectivity index (χ1) is 13.3. The molecule has 0 radical (unpaired) electrons. The molecule has 0 saturated carbocycles. The maximum absolute atomic E-state index is 9.45. The summed E-state index contributed by atoms with van der Waals surface area (Å²) < 4.78 is 17.4. The Morgan fingerprint density at radius 1 is 1.00 bits per heavy atom. The maximum Gasteiger partial charge on any atom is 0.266 e. The number of aromatic nitrogens is 1. The van der Waals surface area contributed by atoms with Crippen molar-refractivity contribution in [1.82, 2.24) is 4.98 Å². The SMILES string of the molecule is N#Cc1nc(-c2ccc(COc3ccccc3)o2)oc1N1CCCCCC1. The fraction of sp³-hybridized carbons (Fsp3) is 0.333. The monoisotopic (exact) mass is 363 g/mol. The number of para-hydroxylation sites is 1. The van der Waals surface area contributed by atoms with Gasteiger partial charge in [-0.3, -0.25) is 0 Å². The van der Waals surface area contributed by atoms with Crippen LogP contribution in [0.3, 0.4) is 0 Å². The fourth-order valence-corrected chi connectivity index (χ4v) is 3.22. The molecule has 3 aromatic rings. The number of nitrogens with zero attached hydrogens (tertiary/aromatic N) is 3. The number of rotatable bonds is 5. The second-order valence-corrected chi connectivity index (χ2v) is 6.55. The van der Waals surface area contributed by atoms with E-state index in [2.05, 4.69) is 16.0 Å². The summed E-state index contributed by atoms with van der Waals surface area (Å²) in [4.78, 5) is 6.45. The van der Waals surface area contributed by atoms with E-state index in [1.165, 1.54) is 12.8 Å². The first kappa shape index (κ1) is 17.2. The van der Waals surface area contributed by atoms with Crippen molar-refractivity contribution in [1.29, 1.82) is 5.26 Å². The average molecular weight is 363 g/mol. The molecule has 138 valence electrons. The molecule has 0 N–H and O–H groups in total. The lowest BCUT2D eigenvalue weighted by atomic mass is 10.2. The van der Waals surface area contributed by atoms with Crippen LogP contribution in [-0.4, -0.2) is 18.1 Å². The van der Waals surface area contributed by atoms with Crippen LogP contribution in [0.1, 0.15) is 37.1 Å². The zero-order valence-electron chi connectivity index (χ0n) is 15.1.